The molecule has 1 amide bonds. The van der Waals surface area contributed by atoms with E-state index in [1.54, 1.807) is 29.7 Å². The minimum Gasteiger partial charge on any atom is -0.480 e. The molecule has 3 rings (SSSR count). The molecule has 8 heteroatoms. The Hall–Kier alpha value is -2.64. The number of methoxy groups -OCH3 is 1. The van der Waals surface area contributed by atoms with Crippen LogP contribution in [0.4, 0.5) is 4.79 Å². The number of pyridine rings is 1. The molecule has 0 aromatic carbocycles. The normalized spacial score (nSPS) is 16.9. The van der Waals surface area contributed by atoms with Crippen LogP contribution in [0, 0.1) is 6.92 Å². The van der Waals surface area contributed by atoms with E-state index in [4.69, 9.17) is 9.47 Å². The molecule has 3 heterocycles. The van der Waals surface area contributed by atoms with E-state index in [1.165, 1.54) is 6.07 Å². The molecule has 0 N–H and O–H groups in total. The van der Waals surface area contributed by atoms with Gasteiger partial charge in [0.15, 0.2) is 0 Å². The van der Waals surface area contributed by atoms with Crippen LogP contribution in [0.25, 0.3) is 10.9 Å². The van der Waals surface area contributed by atoms with E-state index in [2.05, 4.69) is 9.97 Å². The highest BCUT2D eigenvalue weighted by Crippen LogP contribution is 2.31. The number of piperidine rings is 1. The maximum absolute atomic E-state index is 12.8. The lowest BCUT2D eigenvalue weighted by Crippen LogP contribution is -2.50. The summed E-state index contributed by atoms with van der Waals surface area (Å²) in [6.07, 6.45) is 2.75. The van der Waals surface area contributed by atoms with Crippen LogP contribution in [0.1, 0.15) is 46.4 Å². The zero-order valence-corrected chi connectivity index (χ0v) is 17.4. The molecule has 1 aliphatic rings. The topological polar surface area (TPSA) is 86.6 Å². The van der Waals surface area contributed by atoms with Gasteiger partial charge >= 0.3 is 6.09 Å². The molecule has 0 aliphatic carbocycles. The number of amides is 1. The van der Waals surface area contributed by atoms with Crippen molar-refractivity contribution in [3.8, 4) is 5.88 Å². The zero-order valence-electron chi connectivity index (χ0n) is 17.4. The lowest BCUT2D eigenvalue weighted by atomic mass is 9.89. The number of likely N-dealkylation sites (tertiary alicyclic amines) is 1. The number of hydrogen-bond acceptors (Lipinski definition) is 6. The summed E-state index contributed by atoms with van der Waals surface area (Å²) in [5.41, 5.74) is -0.497. The number of carbonyl (C=O) groups excluding carboxylic acids is 1. The molecule has 0 spiro atoms. The van der Waals surface area contributed by atoms with Gasteiger partial charge in [-0.1, -0.05) is 0 Å². The molecular formula is C20H28N4O4. The van der Waals surface area contributed by atoms with Gasteiger partial charge in [0.2, 0.25) is 5.88 Å². The van der Waals surface area contributed by atoms with Gasteiger partial charge in [0.25, 0.3) is 5.56 Å². The summed E-state index contributed by atoms with van der Waals surface area (Å²) < 4.78 is 12.6. The van der Waals surface area contributed by atoms with Gasteiger partial charge in [-0.25, -0.2) is 9.78 Å². The first-order valence-electron chi connectivity index (χ1n) is 9.46. The second-order valence-corrected chi connectivity index (χ2v) is 8.53. The van der Waals surface area contributed by atoms with E-state index in [0.29, 0.717) is 48.5 Å². The van der Waals surface area contributed by atoms with Crippen molar-refractivity contribution in [2.75, 3.05) is 20.2 Å². The SMILES string of the molecule is COc1nc(C)nc2cc(=O)n(C3(C)CCN(C(=O)OC(C)(C)C)CC3)cc12. The fraction of sp³-hybridized carbons (Fsp3) is 0.600. The van der Waals surface area contributed by atoms with E-state index < -0.39 is 11.1 Å². The molecule has 1 fully saturated rings. The van der Waals surface area contributed by atoms with E-state index >= 15 is 0 Å². The van der Waals surface area contributed by atoms with Crippen LogP contribution >= 0.6 is 0 Å². The number of carbonyl (C=O) groups is 1. The van der Waals surface area contributed by atoms with Crippen LogP contribution in [0.15, 0.2) is 17.1 Å². The standard InChI is InChI=1S/C20H28N4O4/c1-13-21-15-11-16(25)24(12-14(15)17(22-13)27-6)20(5)7-9-23(10-8-20)18(26)28-19(2,3)4/h11-12H,7-10H2,1-6H3. The lowest BCUT2D eigenvalue weighted by molar-refractivity contribution is 0.0128. The monoisotopic (exact) mass is 388 g/mol. The predicted octanol–water partition coefficient (Wildman–Crippen LogP) is 2.85. The number of rotatable bonds is 2. The average molecular weight is 388 g/mol. The van der Waals surface area contributed by atoms with Crippen LogP contribution in [-0.4, -0.2) is 51.3 Å². The summed E-state index contributed by atoms with van der Waals surface area (Å²) >= 11 is 0. The van der Waals surface area contributed by atoms with Gasteiger partial charge < -0.3 is 18.9 Å². The largest absolute Gasteiger partial charge is 0.480 e. The Morgan fingerprint density at radius 1 is 1.21 bits per heavy atom. The fourth-order valence-corrected chi connectivity index (χ4v) is 3.50. The summed E-state index contributed by atoms with van der Waals surface area (Å²) in [6, 6.07) is 1.53. The van der Waals surface area contributed by atoms with Crippen molar-refractivity contribution >= 4 is 17.0 Å². The van der Waals surface area contributed by atoms with Crippen molar-refractivity contribution < 1.29 is 14.3 Å². The van der Waals surface area contributed by atoms with Crippen LogP contribution in [0.2, 0.25) is 0 Å². The Balaban J connectivity index is 1.89. The Kier molecular flexibility index (Phi) is 5.08. The molecule has 0 saturated carbocycles. The maximum Gasteiger partial charge on any atom is 0.410 e. The molecule has 2 aromatic rings. The molecule has 1 saturated heterocycles. The van der Waals surface area contributed by atoms with Crippen molar-refractivity contribution in [2.24, 2.45) is 0 Å². The molecular weight excluding hydrogens is 360 g/mol. The van der Waals surface area contributed by atoms with Crippen LogP contribution < -0.4 is 10.3 Å². The van der Waals surface area contributed by atoms with Gasteiger partial charge in [-0.2, -0.15) is 4.98 Å². The third-order valence-electron chi connectivity index (χ3n) is 5.08. The number of ether oxygens (including phenoxy) is 2. The summed E-state index contributed by atoms with van der Waals surface area (Å²) in [7, 11) is 1.55. The molecule has 0 radical (unpaired) electrons. The first kappa shape index (κ1) is 20.1. The summed E-state index contributed by atoms with van der Waals surface area (Å²) in [4.78, 5) is 35.5. The smallest absolute Gasteiger partial charge is 0.410 e. The molecule has 8 nitrogen and oxygen atoms in total. The van der Waals surface area contributed by atoms with Gasteiger partial charge in [-0.15, -0.1) is 0 Å². The molecule has 2 aromatic heterocycles. The van der Waals surface area contributed by atoms with Gasteiger partial charge in [-0.3, -0.25) is 4.79 Å². The average Bonchev–Trinajstić information content (AvgIpc) is 2.59. The molecule has 1 aliphatic heterocycles. The minimum atomic E-state index is -0.526. The second kappa shape index (κ2) is 7.07. The molecule has 0 bridgehead atoms. The van der Waals surface area contributed by atoms with Crippen molar-refractivity contribution in [1.82, 2.24) is 19.4 Å². The molecule has 28 heavy (non-hydrogen) atoms. The first-order chi connectivity index (χ1) is 13.0. The molecule has 0 unspecified atom stereocenters. The van der Waals surface area contributed by atoms with Crippen molar-refractivity contribution in [1.29, 1.82) is 0 Å². The van der Waals surface area contributed by atoms with Crippen molar-refractivity contribution in [3.63, 3.8) is 0 Å². The summed E-state index contributed by atoms with van der Waals surface area (Å²) in [5.74, 6) is 1.00. The van der Waals surface area contributed by atoms with E-state index in [0.717, 1.165) is 0 Å². The number of aryl methyl sites for hydroxylation is 1. The van der Waals surface area contributed by atoms with Crippen LogP contribution in [0.5, 0.6) is 5.88 Å². The van der Waals surface area contributed by atoms with Gasteiger partial charge in [-0.05, 0) is 47.5 Å². The Labute approximate surface area is 164 Å². The molecule has 0 atom stereocenters. The lowest BCUT2D eigenvalue weighted by Gasteiger charge is -2.40. The fourth-order valence-electron chi connectivity index (χ4n) is 3.50. The van der Waals surface area contributed by atoms with Crippen molar-refractivity contribution in [2.45, 2.75) is 58.6 Å². The summed E-state index contributed by atoms with van der Waals surface area (Å²) in [5, 5.41) is 0.698. The number of nitrogens with zero attached hydrogens (tertiary/aromatic N) is 4. The van der Waals surface area contributed by atoms with Crippen LogP contribution in [-0.2, 0) is 10.3 Å². The predicted molar refractivity (Wildman–Crippen MR) is 106 cm³/mol. The number of aromatic nitrogens is 3. The third kappa shape index (κ3) is 3.95. The molecule has 152 valence electrons. The van der Waals surface area contributed by atoms with Gasteiger partial charge in [0, 0.05) is 30.9 Å². The zero-order chi connectivity index (χ0) is 20.7. The van der Waals surface area contributed by atoms with E-state index in [1.807, 2.05) is 27.7 Å². The first-order valence-corrected chi connectivity index (χ1v) is 9.46. The van der Waals surface area contributed by atoms with Gasteiger partial charge in [0.05, 0.1) is 18.0 Å². The van der Waals surface area contributed by atoms with E-state index in [9.17, 15) is 9.59 Å². The van der Waals surface area contributed by atoms with Crippen molar-refractivity contribution in [3.05, 3.63) is 28.4 Å². The highest BCUT2D eigenvalue weighted by Gasteiger charge is 2.35. The minimum absolute atomic E-state index is 0.124. The Morgan fingerprint density at radius 2 is 1.86 bits per heavy atom. The Morgan fingerprint density at radius 3 is 2.43 bits per heavy atom. The van der Waals surface area contributed by atoms with Gasteiger partial charge in [0.1, 0.15) is 11.4 Å². The van der Waals surface area contributed by atoms with E-state index in [-0.39, 0.29) is 11.7 Å². The highest BCUT2D eigenvalue weighted by molar-refractivity contribution is 5.82. The number of hydrogen-bond donors (Lipinski definition) is 0. The summed E-state index contributed by atoms with van der Waals surface area (Å²) in [6.45, 7) is 10.4. The highest BCUT2D eigenvalue weighted by atomic mass is 16.6. The third-order valence-corrected chi connectivity index (χ3v) is 5.08. The second-order valence-electron chi connectivity index (χ2n) is 8.53. The maximum atomic E-state index is 12.8. The van der Waals surface area contributed by atoms with Crippen LogP contribution in [0.3, 0.4) is 0 Å². The Bertz CT molecular complexity index is 953. The quantitative estimate of drug-likeness (QED) is 0.786. The number of fused-ring (bicyclic) bond motifs is 1.